The van der Waals surface area contributed by atoms with Crippen molar-refractivity contribution in [2.24, 2.45) is 11.8 Å². The van der Waals surface area contributed by atoms with Crippen molar-refractivity contribution in [3.8, 4) is 0 Å². The maximum Gasteiger partial charge on any atom is 0.245 e. The minimum atomic E-state index is -0.373. The number of ether oxygens (including phenoxy) is 1. The SMILES string of the molecule is CC1NC(=O)C(C2CC2)N(CC2CCOCC2)C1=O. The summed E-state index contributed by atoms with van der Waals surface area (Å²) in [7, 11) is 0. The van der Waals surface area contributed by atoms with E-state index in [1.165, 1.54) is 0 Å². The van der Waals surface area contributed by atoms with Crippen LogP contribution in [0.15, 0.2) is 0 Å². The molecule has 0 radical (unpaired) electrons. The van der Waals surface area contributed by atoms with Crippen LogP contribution in [-0.4, -0.2) is 48.6 Å². The van der Waals surface area contributed by atoms with Crippen molar-refractivity contribution in [1.82, 2.24) is 10.2 Å². The van der Waals surface area contributed by atoms with Crippen LogP contribution in [0.3, 0.4) is 0 Å². The predicted molar refractivity (Wildman–Crippen MR) is 69.4 cm³/mol. The van der Waals surface area contributed by atoms with E-state index in [0.29, 0.717) is 11.8 Å². The molecule has 106 valence electrons. The molecule has 0 aromatic rings. The minimum absolute atomic E-state index is 0.0432. The van der Waals surface area contributed by atoms with E-state index in [4.69, 9.17) is 4.74 Å². The van der Waals surface area contributed by atoms with Gasteiger partial charge in [0, 0.05) is 19.8 Å². The van der Waals surface area contributed by atoms with Gasteiger partial charge in [0.05, 0.1) is 0 Å². The number of carbonyl (C=O) groups excluding carboxylic acids is 2. The first-order chi connectivity index (χ1) is 9.16. The first kappa shape index (κ1) is 12.9. The molecule has 5 nitrogen and oxygen atoms in total. The van der Waals surface area contributed by atoms with E-state index >= 15 is 0 Å². The van der Waals surface area contributed by atoms with Crippen LogP contribution in [0.25, 0.3) is 0 Å². The van der Waals surface area contributed by atoms with Gasteiger partial charge in [-0.3, -0.25) is 9.59 Å². The smallest absolute Gasteiger partial charge is 0.245 e. The van der Waals surface area contributed by atoms with E-state index in [0.717, 1.165) is 45.4 Å². The average molecular weight is 266 g/mol. The fraction of sp³-hybridized carbons (Fsp3) is 0.857. The number of nitrogens with zero attached hydrogens (tertiary/aromatic N) is 1. The number of nitrogens with one attached hydrogen (secondary N) is 1. The summed E-state index contributed by atoms with van der Waals surface area (Å²) in [6.45, 7) is 4.06. The van der Waals surface area contributed by atoms with Crippen LogP contribution in [0.1, 0.15) is 32.6 Å². The second-order valence-electron chi connectivity index (χ2n) is 6.06. The molecule has 1 aliphatic carbocycles. The van der Waals surface area contributed by atoms with Crippen LogP contribution in [0.2, 0.25) is 0 Å². The fourth-order valence-electron chi connectivity index (χ4n) is 3.18. The normalized spacial score (nSPS) is 33.4. The van der Waals surface area contributed by atoms with Gasteiger partial charge in [-0.2, -0.15) is 0 Å². The molecule has 1 N–H and O–H groups in total. The lowest BCUT2D eigenvalue weighted by atomic mass is 9.96. The molecule has 0 aromatic heterocycles. The van der Waals surface area contributed by atoms with Crippen LogP contribution in [-0.2, 0) is 14.3 Å². The second-order valence-corrected chi connectivity index (χ2v) is 6.06. The van der Waals surface area contributed by atoms with Gasteiger partial charge in [-0.1, -0.05) is 0 Å². The van der Waals surface area contributed by atoms with Gasteiger partial charge in [0.2, 0.25) is 11.8 Å². The van der Waals surface area contributed by atoms with Crippen LogP contribution in [0, 0.1) is 11.8 Å². The lowest BCUT2D eigenvalue weighted by molar-refractivity contribution is -0.151. The first-order valence-electron chi connectivity index (χ1n) is 7.35. The van der Waals surface area contributed by atoms with Crippen molar-refractivity contribution in [2.75, 3.05) is 19.8 Å². The van der Waals surface area contributed by atoms with Gasteiger partial charge in [-0.15, -0.1) is 0 Å². The zero-order chi connectivity index (χ0) is 13.4. The Hall–Kier alpha value is -1.10. The van der Waals surface area contributed by atoms with E-state index in [1.54, 1.807) is 6.92 Å². The zero-order valence-electron chi connectivity index (χ0n) is 11.4. The molecule has 5 heteroatoms. The number of hydrogen-bond acceptors (Lipinski definition) is 3. The minimum Gasteiger partial charge on any atom is -0.381 e. The molecule has 2 heterocycles. The maximum absolute atomic E-state index is 12.4. The summed E-state index contributed by atoms with van der Waals surface area (Å²) in [6, 6.07) is -0.589. The quantitative estimate of drug-likeness (QED) is 0.811. The Morgan fingerprint density at radius 1 is 1.21 bits per heavy atom. The lowest BCUT2D eigenvalue weighted by Gasteiger charge is -2.40. The van der Waals surface area contributed by atoms with Gasteiger partial charge in [-0.25, -0.2) is 0 Å². The summed E-state index contributed by atoms with van der Waals surface area (Å²) in [5, 5.41) is 2.81. The Bertz CT molecular complexity index is 375. The Kier molecular flexibility index (Phi) is 3.48. The molecule has 1 saturated carbocycles. The van der Waals surface area contributed by atoms with Gasteiger partial charge in [0.15, 0.2) is 0 Å². The Balaban J connectivity index is 1.73. The molecule has 3 aliphatic rings. The molecule has 3 rings (SSSR count). The van der Waals surface area contributed by atoms with Crippen LogP contribution in [0.5, 0.6) is 0 Å². The molecule has 0 aromatic carbocycles. The standard InChI is InChI=1S/C14H22N2O3/c1-9-14(18)16(8-10-4-6-19-7-5-10)12(11-2-3-11)13(17)15-9/h9-12H,2-8H2,1H3,(H,15,17). The van der Waals surface area contributed by atoms with Crippen LogP contribution < -0.4 is 5.32 Å². The molecule has 0 bridgehead atoms. The van der Waals surface area contributed by atoms with E-state index < -0.39 is 0 Å². The molecule has 19 heavy (non-hydrogen) atoms. The molecular formula is C14H22N2O3. The van der Waals surface area contributed by atoms with Crippen LogP contribution >= 0.6 is 0 Å². The fourth-order valence-corrected chi connectivity index (χ4v) is 3.18. The van der Waals surface area contributed by atoms with Crippen molar-refractivity contribution >= 4 is 11.8 Å². The van der Waals surface area contributed by atoms with Crippen LogP contribution in [0.4, 0.5) is 0 Å². The van der Waals surface area contributed by atoms with E-state index in [9.17, 15) is 9.59 Å². The van der Waals surface area contributed by atoms with Crippen molar-refractivity contribution in [3.63, 3.8) is 0 Å². The largest absolute Gasteiger partial charge is 0.381 e. The Labute approximate surface area is 113 Å². The number of hydrogen-bond donors (Lipinski definition) is 1. The monoisotopic (exact) mass is 266 g/mol. The number of amides is 2. The maximum atomic E-state index is 12.4. The highest BCUT2D eigenvalue weighted by molar-refractivity contribution is 5.97. The second kappa shape index (κ2) is 5.12. The zero-order valence-corrected chi connectivity index (χ0v) is 11.4. The highest BCUT2D eigenvalue weighted by atomic mass is 16.5. The average Bonchev–Trinajstić information content (AvgIpc) is 3.21. The lowest BCUT2D eigenvalue weighted by Crippen LogP contribution is -2.64. The molecule has 2 amide bonds. The Morgan fingerprint density at radius 3 is 2.53 bits per heavy atom. The van der Waals surface area contributed by atoms with Gasteiger partial charge in [-0.05, 0) is 44.4 Å². The number of rotatable bonds is 3. The molecule has 0 spiro atoms. The topological polar surface area (TPSA) is 58.6 Å². The summed E-state index contributed by atoms with van der Waals surface area (Å²) in [6.07, 6.45) is 4.14. The predicted octanol–water partition coefficient (Wildman–Crippen LogP) is 0.538. The number of carbonyl (C=O) groups is 2. The molecule has 2 aliphatic heterocycles. The van der Waals surface area contributed by atoms with Gasteiger partial charge < -0.3 is 15.0 Å². The van der Waals surface area contributed by atoms with E-state index in [2.05, 4.69) is 5.32 Å². The summed E-state index contributed by atoms with van der Waals surface area (Å²) in [5.74, 6) is 0.998. The van der Waals surface area contributed by atoms with Crippen molar-refractivity contribution < 1.29 is 14.3 Å². The van der Waals surface area contributed by atoms with E-state index in [1.807, 2.05) is 4.90 Å². The molecular weight excluding hydrogens is 244 g/mol. The Morgan fingerprint density at radius 2 is 1.89 bits per heavy atom. The molecule has 2 atom stereocenters. The molecule has 2 saturated heterocycles. The number of piperazine rings is 1. The summed E-state index contributed by atoms with van der Waals surface area (Å²) >= 11 is 0. The van der Waals surface area contributed by atoms with Crippen molar-refractivity contribution in [3.05, 3.63) is 0 Å². The third kappa shape index (κ3) is 2.61. The highest BCUT2D eigenvalue weighted by Crippen LogP contribution is 2.37. The first-order valence-corrected chi connectivity index (χ1v) is 7.35. The molecule has 3 fully saturated rings. The third-order valence-corrected chi connectivity index (χ3v) is 4.48. The van der Waals surface area contributed by atoms with Gasteiger partial charge in [0.25, 0.3) is 0 Å². The summed E-state index contributed by atoms with van der Waals surface area (Å²) < 4.78 is 5.36. The molecule has 2 unspecified atom stereocenters. The van der Waals surface area contributed by atoms with Crippen molar-refractivity contribution in [2.45, 2.75) is 44.7 Å². The van der Waals surface area contributed by atoms with Gasteiger partial charge in [0.1, 0.15) is 12.1 Å². The summed E-state index contributed by atoms with van der Waals surface area (Å²) in [4.78, 5) is 26.4. The third-order valence-electron chi connectivity index (χ3n) is 4.48. The highest BCUT2D eigenvalue weighted by Gasteiger charge is 2.47. The van der Waals surface area contributed by atoms with Crippen molar-refractivity contribution in [1.29, 1.82) is 0 Å². The van der Waals surface area contributed by atoms with Gasteiger partial charge >= 0.3 is 0 Å². The van der Waals surface area contributed by atoms with E-state index in [-0.39, 0.29) is 23.9 Å². The summed E-state index contributed by atoms with van der Waals surface area (Å²) in [5.41, 5.74) is 0.